The quantitative estimate of drug-likeness (QED) is 0.614. The SMILES string of the molecule is CC(=O)CCCC(=O)B1OC(=O)CN(C)CC(=O)O1. The Bertz CT molecular complexity index is 377. The van der Waals surface area contributed by atoms with Gasteiger partial charge in [-0.1, -0.05) is 0 Å². The number of likely N-dealkylation sites (N-methyl/N-ethyl adjacent to an activating group) is 1. The van der Waals surface area contributed by atoms with Gasteiger partial charge >= 0.3 is 19.1 Å². The van der Waals surface area contributed by atoms with Crippen LogP contribution in [0.25, 0.3) is 0 Å². The Morgan fingerprint density at radius 2 is 1.68 bits per heavy atom. The monoisotopic (exact) mass is 269 g/mol. The fraction of sp³-hybridized carbons (Fsp3) is 0.636. The van der Waals surface area contributed by atoms with E-state index in [0.717, 1.165) is 0 Å². The molecule has 1 aliphatic heterocycles. The first-order valence-corrected chi connectivity index (χ1v) is 5.98. The van der Waals surface area contributed by atoms with Crippen LogP contribution in [0.5, 0.6) is 0 Å². The lowest BCUT2D eigenvalue weighted by Gasteiger charge is -2.21. The van der Waals surface area contributed by atoms with Gasteiger partial charge < -0.3 is 18.9 Å². The average molecular weight is 269 g/mol. The first-order chi connectivity index (χ1) is 8.88. The Morgan fingerprint density at radius 3 is 2.16 bits per heavy atom. The van der Waals surface area contributed by atoms with Crippen LogP contribution < -0.4 is 0 Å². The van der Waals surface area contributed by atoms with Crippen LogP contribution in [-0.4, -0.2) is 55.6 Å². The van der Waals surface area contributed by atoms with Crippen molar-refractivity contribution in [2.24, 2.45) is 0 Å². The van der Waals surface area contributed by atoms with E-state index in [4.69, 9.17) is 9.31 Å². The summed E-state index contributed by atoms with van der Waals surface area (Å²) in [4.78, 5) is 46.7. The number of nitrogens with zero attached hydrogens (tertiary/aromatic N) is 1. The van der Waals surface area contributed by atoms with Crippen LogP contribution in [0.3, 0.4) is 0 Å². The van der Waals surface area contributed by atoms with E-state index in [0.29, 0.717) is 6.42 Å². The fourth-order valence-corrected chi connectivity index (χ4v) is 1.59. The van der Waals surface area contributed by atoms with E-state index < -0.39 is 24.7 Å². The van der Waals surface area contributed by atoms with Crippen molar-refractivity contribution in [2.45, 2.75) is 26.2 Å². The predicted molar refractivity (Wildman–Crippen MR) is 65.0 cm³/mol. The standard InChI is InChI=1S/C11H16BNO6/c1-8(14)4-3-5-9(15)12-18-10(16)6-13(2)7-11(17)19-12/h3-7H2,1-2H3. The minimum Gasteiger partial charge on any atom is -0.493 e. The molecule has 1 heterocycles. The predicted octanol–water partition coefficient (Wildman–Crippen LogP) is -0.626. The van der Waals surface area contributed by atoms with E-state index in [-0.39, 0.29) is 31.7 Å². The lowest BCUT2D eigenvalue weighted by molar-refractivity contribution is -0.147. The molecule has 104 valence electrons. The van der Waals surface area contributed by atoms with E-state index in [1.54, 1.807) is 7.05 Å². The van der Waals surface area contributed by atoms with Crippen LogP contribution in [0, 0.1) is 0 Å². The van der Waals surface area contributed by atoms with Crippen molar-refractivity contribution >= 4 is 30.5 Å². The molecule has 7 nitrogen and oxygen atoms in total. The van der Waals surface area contributed by atoms with Crippen LogP contribution in [0.4, 0.5) is 0 Å². The normalized spacial score (nSPS) is 17.3. The van der Waals surface area contributed by atoms with E-state index in [1.165, 1.54) is 11.8 Å². The summed E-state index contributed by atoms with van der Waals surface area (Å²) < 4.78 is 9.59. The number of Topliss-reactive ketones (excluding diaryl/α,β-unsaturated/α-hetero) is 1. The number of ketones is 1. The van der Waals surface area contributed by atoms with E-state index in [1.807, 2.05) is 0 Å². The highest BCUT2D eigenvalue weighted by Crippen LogP contribution is 2.06. The van der Waals surface area contributed by atoms with E-state index >= 15 is 0 Å². The maximum Gasteiger partial charge on any atom is 0.674 e. The number of carbonyl (C=O) groups is 4. The third-order valence-corrected chi connectivity index (χ3v) is 2.49. The van der Waals surface area contributed by atoms with Crippen molar-refractivity contribution in [3.05, 3.63) is 0 Å². The second-order valence-corrected chi connectivity index (χ2v) is 4.51. The summed E-state index contributed by atoms with van der Waals surface area (Å²) in [6, 6.07) is 0. The number of hydrogen-bond donors (Lipinski definition) is 0. The third kappa shape index (κ3) is 5.65. The summed E-state index contributed by atoms with van der Waals surface area (Å²) in [5.74, 6) is -1.28. The lowest BCUT2D eigenvalue weighted by atomic mass is 9.79. The molecule has 0 spiro atoms. The first kappa shape index (κ1) is 15.4. The van der Waals surface area contributed by atoms with Gasteiger partial charge in [0.2, 0.25) is 0 Å². The number of rotatable bonds is 5. The van der Waals surface area contributed by atoms with Crippen molar-refractivity contribution in [2.75, 3.05) is 20.1 Å². The van der Waals surface area contributed by atoms with Gasteiger partial charge in [0.25, 0.3) is 0 Å². The number of carbonyl (C=O) groups excluding carboxylic acids is 4. The molecular weight excluding hydrogens is 253 g/mol. The second-order valence-electron chi connectivity index (χ2n) is 4.51. The highest BCUT2D eigenvalue weighted by atomic mass is 16.6. The van der Waals surface area contributed by atoms with Crippen LogP contribution in [-0.2, 0) is 28.5 Å². The van der Waals surface area contributed by atoms with Crippen molar-refractivity contribution in [1.82, 2.24) is 4.90 Å². The van der Waals surface area contributed by atoms with E-state index in [9.17, 15) is 19.2 Å². The Balaban J connectivity index is 2.54. The van der Waals surface area contributed by atoms with Gasteiger partial charge in [-0.05, 0) is 20.4 Å². The summed E-state index contributed by atoms with van der Waals surface area (Å²) in [7, 11) is 0.0815. The maximum absolute atomic E-state index is 11.7. The summed E-state index contributed by atoms with van der Waals surface area (Å²) in [5.41, 5.74) is -0.507. The summed E-state index contributed by atoms with van der Waals surface area (Å²) in [6.45, 7) is 1.27. The van der Waals surface area contributed by atoms with Gasteiger partial charge in [-0.15, -0.1) is 0 Å². The largest absolute Gasteiger partial charge is 0.674 e. The zero-order chi connectivity index (χ0) is 14.4. The van der Waals surface area contributed by atoms with Crippen LogP contribution in [0.1, 0.15) is 26.2 Å². The summed E-state index contributed by atoms with van der Waals surface area (Å²) in [6.07, 6.45) is 0.642. The highest BCUT2D eigenvalue weighted by molar-refractivity contribution is 6.82. The van der Waals surface area contributed by atoms with Crippen LogP contribution in [0.2, 0.25) is 0 Å². The van der Waals surface area contributed by atoms with Gasteiger partial charge in [-0.2, -0.15) is 0 Å². The molecule has 0 aromatic rings. The zero-order valence-electron chi connectivity index (χ0n) is 11.0. The minimum atomic E-state index is -1.49. The fourth-order valence-electron chi connectivity index (χ4n) is 1.59. The van der Waals surface area contributed by atoms with Crippen molar-refractivity contribution < 1.29 is 28.5 Å². The molecule has 0 saturated carbocycles. The molecule has 0 N–H and O–H groups in total. The molecule has 19 heavy (non-hydrogen) atoms. The first-order valence-electron chi connectivity index (χ1n) is 5.98. The molecule has 1 saturated heterocycles. The second kappa shape index (κ2) is 7.03. The molecule has 1 fully saturated rings. The molecule has 1 rings (SSSR count). The molecule has 0 atom stereocenters. The van der Waals surface area contributed by atoms with Crippen LogP contribution >= 0.6 is 0 Å². The molecule has 0 aliphatic carbocycles. The maximum atomic E-state index is 11.7. The smallest absolute Gasteiger partial charge is 0.493 e. The van der Waals surface area contributed by atoms with Gasteiger partial charge in [-0.25, -0.2) is 0 Å². The Morgan fingerprint density at radius 1 is 1.16 bits per heavy atom. The molecule has 0 unspecified atom stereocenters. The van der Waals surface area contributed by atoms with Crippen molar-refractivity contribution in [1.29, 1.82) is 0 Å². The molecule has 0 aromatic heterocycles. The van der Waals surface area contributed by atoms with Crippen LogP contribution in [0.15, 0.2) is 0 Å². The van der Waals surface area contributed by atoms with Crippen molar-refractivity contribution in [3.8, 4) is 0 Å². The Kier molecular flexibility index (Phi) is 5.69. The molecule has 0 aromatic carbocycles. The van der Waals surface area contributed by atoms with Gasteiger partial charge in [0.1, 0.15) is 5.78 Å². The van der Waals surface area contributed by atoms with Crippen molar-refractivity contribution in [3.63, 3.8) is 0 Å². The van der Waals surface area contributed by atoms with Gasteiger partial charge in [0, 0.05) is 12.8 Å². The number of hydrogen-bond acceptors (Lipinski definition) is 7. The Labute approximate surface area is 111 Å². The molecule has 0 radical (unpaired) electrons. The summed E-state index contributed by atoms with van der Waals surface area (Å²) >= 11 is 0. The van der Waals surface area contributed by atoms with E-state index in [2.05, 4.69) is 0 Å². The van der Waals surface area contributed by atoms with Gasteiger partial charge in [-0.3, -0.25) is 14.5 Å². The van der Waals surface area contributed by atoms with Gasteiger partial charge in [0.15, 0.2) is 5.68 Å². The Hall–Kier alpha value is -1.70. The zero-order valence-corrected chi connectivity index (χ0v) is 11.0. The molecule has 0 bridgehead atoms. The molecular formula is C11H16BNO6. The molecule has 8 heteroatoms. The molecule has 0 amide bonds. The van der Waals surface area contributed by atoms with Gasteiger partial charge in [0.05, 0.1) is 13.1 Å². The highest BCUT2D eigenvalue weighted by Gasteiger charge is 2.38. The third-order valence-electron chi connectivity index (χ3n) is 2.49. The average Bonchev–Trinajstić information content (AvgIpc) is 2.24. The lowest BCUT2D eigenvalue weighted by Crippen LogP contribution is -2.46. The topological polar surface area (TPSA) is 90.0 Å². The minimum absolute atomic E-state index is 0.0268. The summed E-state index contributed by atoms with van der Waals surface area (Å²) in [5, 5.41) is 0. The molecule has 1 aliphatic rings.